The molecule has 0 fully saturated rings. The van der Waals surface area contributed by atoms with E-state index in [-0.39, 0.29) is 5.91 Å². The molecule has 7 nitrogen and oxygen atoms in total. The maximum Gasteiger partial charge on any atom is 0.312 e. The van der Waals surface area contributed by atoms with Gasteiger partial charge in [0, 0.05) is 23.9 Å². The van der Waals surface area contributed by atoms with Crippen molar-refractivity contribution in [1.29, 1.82) is 0 Å². The first kappa shape index (κ1) is 15.7. The minimum Gasteiger partial charge on any atom is -0.486 e. The van der Waals surface area contributed by atoms with Gasteiger partial charge in [0.25, 0.3) is 5.91 Å². The van der Waals surface area contributed by atoms with Crippen LogP contribution < -0.4 is 25.8 Å². The van der Waals surface area contributed by atoms with Gasteiger partial charge < -0.3 is 25.8 Å². The molecule has 0 aromatic heterocycles. The van der Waals surface area contributed by atoms with Crippen LogP contribution in [0.4, 0.5) is 10.5 Å². The van der Waals surface area contributed by atoms with Crippen LogP contribution >= 0.6 is 0 Å². The number of primary amides is 1. The molecule has 0 spiro atoms. The third kappa shape index (κ3) is 3.75. The van der Waals surface area contributed by atoms with Crippen LogP contribution in [0.25, 0.3) is 0 Å². The van der Waals surface area contributed by atoms with Crippen LogP contribution in [0, 0.1) is 0 Å². The summed E-state index contributed by atoms with van der Waals surface area (Å²) in [6.07, 6.45) is 0. The van der Waals surface area contributed by atoms with E-state index in [0.717, 1.165) is 5.56 Å². The number of nitrogens with two attached hydrogens (primary N) is 1. The molecule has 3 amide bonds. The average Bonchev–Trinajstić information content (AvgIpc) is 2.60. The zero-order chi connectivity index (χ0) is 16.9. The number of anilines is 1. The van der Waals surface area contributed by atoms with Crippen molar-refractivity contribution < 1.29 is 19.1 Å². The number of nitrogens with one attached hydrogen (secondary N) is 2. The molecule has 24 heavy (non-hydrogen) atoms. The van der Waals surface area contributed by atoms with Gasteiger partial charge in [-0.15, -0.1) is 0 Å². The molecule has 2 aromatic rings. The predicted molar refractivity (Wildman–Crippen MR) is 88.3 cm³/mol. The molecule has 1 aliphatic heterocycles. The molecule has 1 aliphatic rings. The highest BCUT2D eigenvalue weighted by Gasteiger charge is 2.13. The molecular weight excluding hydrogens is 310 g/mol. The Morgan fingerprint density at radius 2 is 1.71 bits per heavy atom. The highest BCUT2D eigenvalue weighted by molar-refractivity contribution is 6.04. The van der Waals surface area contributed by atoms with E-state index in [1.165, 1.54) is 0 Å². The average molecular weight is 327 g/mol. The van der Waals surface area contributed by atoms with Crippen molar-refractivity contribution in [1.82, 2.24) is 5.32 Å². The molecule has 0 unspecified atom stereocenters. The zero-order valence-electron chi connectivity index (χ0n) is 12.9. The predicted octanol–water partition coefficient (Wildman–Crippen LogP) is 1.88. The summed E-state index contributed by atoms with van der Waals surface area (Å²) in [5, 5.41) is 5.31. The van der Waals surface area contributed by atoms with Gasteiger partial charge in [-0.3, -0.25) is 4.79 Å². The molecule has 0 aliphatic carbocycles. The number of amides is 3. The van der Waals surface area contributed by atoms with Crippen molar-refractivity contribution in [2.24, 2.45) is 5.73 Å². The number of ether oxygens (including phenoxy) is 2. The van der Waals surface area contributed by atoms with Gasteiger partial charge in [0.15, 0.2) is 11.5 Å². The quantitative estimate of drug-likeness (QED) is 0.797. The van der Waals surface area contributed by atoms with E-state index in [9.17, 15) is 9.59 Å². The van der Waals surface area contributed by atoms with Crippen molar-refractivity contribution in [2.75, 3.05) is 18.5 Å². The summed E-state index contributed by atoms with van der Waals surface area (Å²) in [6.45, 7) is 1.33. The first-order valence-corrected chi connectivity index (χ1v) is 7.45. The minimum atomic E-state index is -0.588. The number of rotatable bonds is 4. The second kappa shape index (κ2) is 6.91. The number of carbonyl (C=O) groups excluding carboxylic acids is 2. The summed E-state index contributed by atoms with van der Waals surface area (Å²) in [5.74, 6) is 1.05. The van der Waals surface area contributed by atoms with Crippen LogP contribution in [-0.2, 0) is 6.54 Å². The normalized spacial score (nSPS) is 12.3. The van der Waals surface area contributed by atoms with Gasteiger partial charge in [-0.1, -0.05) is 12.1 Å². The van der Waals surface area contributed by atoms with Gasteiger partial charge in [-0.05, 0) is 29.8 Å². The maximum atomic E-state index is 12.3. The molecule has 4 N–H and O–H groups in total. The Bertz CT molecular complexity index is 759. The molecule has 7 heteroatoms. The van der Waals surface area contributed by atoms with Crippen molar-refractivity contribution >= 4 is 17.6 Å². The van der Waals surface area contributed by atoms with Crippen LogP contribution in [0.5, 0.6) is 11.5 Å². The number of urea groups is 1. The first-order valence-electron chi connectivity index (χ1n) is 7.45. The minimum absolute atomic E-state index is 0.235. The molecule has 0 atom stereocenters. The van der Waals surface area contributed by atoms with Crippen molar-refractivity contribution in [3.63, 3.8) is 0 Å². The third-order valence-corrected chi connectivity index (χ3v) is 3.48. The van der Waals surface area contributed by atoms with Gasteiger partial charge in [-0.2, -0.15) is 0 Å². The van der Waals surface area contributed by atoms with Crippen LogP contribution in [0.3, 0.4) is 0 Å². The van der Waals surface area contributed by atoms with E-state index >= 15 is 0 Å². The molecule has 124 valence electrons. The first-order chi connectivity index (χ1) is 11.6. The van der Waals surface area contributed by atoms with E-state index in [4.69, 9.17) is 15.2 Å². The molecule has 0 bridgehead atoms. The van der Waals surface area contributed by atoms with E-state index < -0.39 is 6.03 Å². The maximum absolute atomic E-state index is 12.3. The third-order valence-electron chi connectivity index (χ3n) is 3.48. The molecule has 2 aromatic carbocycles. The Morgan fingerprint density at radius 3 is 2.42 bits per heavy atom. The second-order valence-corrected chi connectivity index (χ2v) is 5.23. The van der Waals surface area contributed by atoms with E-state index in [1.54, 1.807) is 42.5 Å². The Morgan fingerprint density at radius 1 is 1.00 bits per heavy atom. The van der Waals surface area contributed by atoms with Gasteiger partial charge in [0.1, 0.15) is 13.2 Å². The van der Waals surface area contributed by atoms with E-state index in [1.807, 2.05) is 0 Å². The van der Waals surface area contributed by atoms with Crippen LogP contribution in [0.1, 0.15) is 15.9 Å². The number of carbonyl (C=O) groups is 2. The number of hydrogen-bond acceptors (Lipinski definition) is 4. The van der Waals surface area contributed by atoms with E-state index in [0.29, 0.717) is 42.5 Å². The lowest BCUT2D eigenvalue weighted by Gasteiger charge is -2.19. The summed E-state index contributed by atoms with van der Waals surface area (Å²) in [4.78, 5) is 23.0. The van der Waals surface area contributed by atoms with E-state index in [2.05, 4.69) is 10.6 Å². The summed E-state index contributed by atoms with van der Waals surface area (Å²) < 4.78 is 10.9. The standard InChI is InChI=1S/C17H17N3O4/c18-17(22)19-10-11-1-3-12(4-2-11)16(21)20-13-5-6-14-15(9-13)24-8-7-23-14/h1-6,9H,7-8,10H2,(H,20,21)(H3,18,19,22). The van der Waals surface area contributed by atoms with Crippen LogP contribution in [0.15, 0.2) is 42.5 Å². The lowest BCUT2D eigenvalue weighted by molar-refractivity contribution is 0.102. The number of benzene rings is 2. The monoisotopic (exact) mass is 327 g/mol. The fraction of sp³-hybridized carbons (Fsp3) is 0.176. The fourth-order valence-electron chi connectivity index (χ4n) is 2.29. The summed E-state index contributed by atoms with van der Waals surface area (Å²) in [6, 6.07) is 11.6. The molecule has 0 radical (unpaired) electrons. The van der Waals surface area contributed by atoms with Crippen molar-refractivity contribution in [2.45, 2.75) is 6.54 Å². The molecule has 1 heterocycles. The summed E-state index contributed by atoms with van der Waals surface area (Å²) in [7, 11) is 0. The molecule has 3 rings (SSSR count). The largest absolute Gasteiger partial charge is 0.486 e. The lowest BCUT2D eigenvalue weighted by Crippen LogP contribution is -2.28. The highest BCUT2D eigenvalue weighted by atomic mass is 16.6. The topological polar surface area (TPSA) is 103 Å². The lowest BCUT2D eigenvalue weighted by atomic mass is 10.1. The Labute approximate surface area is 138 Å². The van der Waals surface area contributed by atoms with Crippen molar-refractivity contribution in [3.05, 3.63) is 53.6 Å². The number of hydrogen-bond donors (Lipinski definition) is 3. The van der Waals surface area contributed by atoms with Crippen molar-refractivity contribution in [3.8, 4) is 11.5 Å². The van der Waals surface area contributed by atoms with Gasteiger partial charge in [0.05, 0.1) is 0 Å². The van der Waals surface area contributed by atoms with Crippen LogP contribution in [0.2, 0.25) is 0 Å². The summed E-state index contributed by atoms with van der Waals surface area (Å²) >= 11 is 0. The molecule has 0 saturated carbocycles. The van der Waals surface area contributed by atoms with Gasteiger partial charge in [-0.25, -0.2) is 4.79 Å². The molecular formula is C17H17N3O4. The highest BCUT2D eigenvalue weighted by Crippen LogP contribution is 2.32. The van der Waals surface area contributed by atoms with Crippen LogP contribution in [-0.4, -0.2) is 25.2 Å². The Balaban J connectivity index is 1.65. The van der Waals surface area contributed by atoms with Gasteiger partial charge >= 0.3 is 6.03 Å². The zero-order valence-corrected chi connectivity index (χ0v) is 12.9. The Kier molecular flexibility index (Phi) is 4.51. The number of fused-ring (bicyclic) bond motifs is 1. The second-order valence-electron chi connectivity index (χ2n) is 5.23. The van der Waals surface area contributed by atoms with Gasteiger partial charge in [0.2, 0.25) is 0 Å². The summed E-state index contributed by atoms with van der Waals surface area (Å²) in [5.41, 5.74) is 7.01. The SMILES string of the molecule is NC(=O)NCc1ccc(C(=O)Nc2ccc3c(c2)OCCO3)cc1. The fourth-order valence-corrected chi connectivity index (χ4v) is 2.29. The molecule has 0 saturated heterocycles. The smallest absolute Gasteiger partial charge is 0.312 e. The Hall–Kier alpha value is -3.22.